The number of nitriles is 1. The molecule has 0 aliphatic carbocycles. The number of benzene rings is 1. The van der Waals surface area contributed by atoms with Gasteiger partial charge in [-0.15, -0.1) is 0 Å². The van der Waals surface area contributed by atoms with Gasteiger partial charge in [-0.2, -0.15) is 5.26 Å². The van der Waals surface area contributed by atoms with Crippen molar-refractivity contribution < 1.29 is 23.1 Å². The highest BCUT2D eigenvalue weighted by Gasteiger charge is 2.36. The molecule has 0 aromatic heterocycles. The molecule has 2 aliphatic rings. The third kappa shape index (κ3) is 4.32. The Bertz CT molecular complexity index is 803. The van der Waals surface area contributed by atoms with E-state index in [0.29, 0.717) is 24.5 Å². The smallest absolute Gasteiger partial charge is 0.414 e. The molecule has 3 rings (SSSR count). The van der Waals surface area contributed by atoms with Gasteiger partial charge in [-0.05, 0) is 31.0 Å². The van der Waals surface area contributed by atoms with Crippen LogP contribution in [0, 0.1) is 17.1 Å². The number of carbonyl (C=O) groups is 2. The highest BCUT2D eigenvalue weighted by atomic mass is 19.1. The Hall–Kier alpha value is -2.89. The van der Waals surface area contributed by atoms with Gasteiger partial charge in [0.15, 0.2) is 0 Å². The van der Waals surface area contributed by atoms with Crippen LogP contribution in [0.5, 0.6) is 0 Å². The standard InChI is InChI=1S/C19H22F2N4O3/c1-13(26)23-11-15-12-25(18(27)28-15)14-2-3-17(16(20)10-14)24-8-5-19(21,4-7-22)6-9-24/h2-3,10,15H,4-6,8-9,11-12H2,1H3,(H,23,26). The third-order valence-corrected chi connectivity index (χ3v) is 5.09. The summed E-state index contributed by atoms with van der Waals surface area (Å²) >= 11 is 0. The molecule has 9 heteroatoms. The van der Waals surface area contributed by atoms with Gasteiger partial charge in [-0.3, -0.25) is 9.69 Å². The maximum atomic E-state index is 14.7. The van der Waals surface area contributed by atoms with Crippen LogP contribution in [0.2, 0.25) is 0 Å². The summed E-state index contributed by atoms with van der Waals surface area (Å²) in [6, 6.07) is 6.30. The molecule has 2 fully saturated rings. The van der Waals surface area contributed by atoms with Crippen molar-refractivity contribution in [2.24, 2.45) is 0 Å². The maximum absolute atomic E-state index is 14.7. The first-order valence-electron chi connectivity index (χ1n) is 9.14. The number of rotatable bonds is 5. The van der Waals surface area contributed by atoms with E-state index >= 15 is 0 Å². The molecule has 1 atom stereocenters. The second-order valence-corrected chi connectivity index (χ2v) is 7.16. The van der Waals surface area contributed by atoms with Crippen molar-refractivity contribution in [3.8, 4) is 6.07 Å². The first kappa shape index (κ1) is 19.9. The summed E-state index contributed by atoms with van der Waals surface area (Å²) in [6.07, 6.45) is -0.909. The number of carbonyl (C=O) groups excluding carboxylic acids is 2. The Morgan fingerprint density at radius 2 is 2.14 bits per heavy atom. The maximum Gasteiger partial charge on any atom is 0.414 e. The van der Waals surface area contributed by atoms with E-state index in [-0.39, 0.29) is 38.3 Å². The Morgan fingerprint density at radius 1 is 1.43 bits per heavy atom. The minimum Gasteiger partial charge on any atom is -0.442 e. The highest BCUT2D eigenvalue weighted by Crippen LogP contribution is 2.34. The average Bonchev–Trinajstić information content (AvgIpc) is 3.02. The molecule has 0 spiro atoms. The molecular weight excluding hydrogens is 370 g/mol. The minimum atomic E-state index is -1.51. The van der Waals surface area contributed by atoms with E-state index in [0.717, 1.165) is 0 Å². The Labute approximate surface area is 161 Å². The Morgan fingerprint density at radius 3 is 2.75 bits per heavy atom. The van der Waals surface area contributed by atoms with Crippen LogP contribution in [0.25, 0.3) is 0 Å². The summed E-state index contributed by atoms with van der Waals surface area (Å²) in [5.41, 5.74) is -0.813. The molecule has 150 valence electrons. The molecule has 1 aromatic rings. The van der Waals surface area contributed by atoms with E-state index < -0.39 is 23.7 Å². The number of amides is 2. The van der Waals surface area contributed by atoms with Gasteiger partial charge in [-0.1, -0.05) is 0 Å². The van der Waals surface area contributed by atoms with Crippen molar-refractivity contribution in [3.05, 3.63) is 24.0 Å². The average molecular weight is 392 g/mol. The van der Waals surface area contributed by atoms with Crippen molar-refractivity contribution in [2.45, 2.75) is 38.0 Å². The van der Waals surface area contributed by atoms with Crippen LogP contribution in [-0.2, 0) is 9.53 Å². The van der Waals surface area contributed by atoms with Crippen LogP contribution in [0.1, 0.15) is 26.2 Å². The third-order valence-electron chi connectivity index (χ3n) is 5.09. The number of ether oxygens (including phenoxy) is 1. The highest BCUT2D eigenvalue weighted by molar-refractivity contribution is 5.90. The first-order chi connectivity index (χ1) is 13.3. The number of halogens is 2. The number of anilines is 2. The summed E-state index contributed by atoms with van der Waals surface area (Å²) in [5, 5.41) is 11.3. The van der Waals surface area contributed by atoms with Crippen LogP contribution in [0.4, 0.5) is 25.0 Å². The summed E-state index contributed by atoms with van der Waals surface area (Å²) in [6.45, 7) is 2.41. The number of nitrogens with zero attached hydrogens (tertiary/aromatic N) is 3. The molecule has 1 aromatic carbocycles. The SMILES string of the molecule is CC(=O)NCC1CN(c2ccc(N3CCC(F)(CC#N)CC3)c(F)c2)C(=O)O1. The number of hydrogen-bond donors (Lipinski definition) is 1. The second-order valence-electron chi connectivity index (χ2n) is 7.16. The molecule has 2 aliphatic heterocycles. The fraction of sp³-hybridized carbons (Fsp3) is 0.526. The van der Waals surface area contributed by atoms with Crippen molar-refractivity contribution >= 4 is 23.4 Å². The zero-order chi connectivity index (χ0) is 20.3. The van der Waals surface area contributed by atoms with Crippen LogP contribution in [-0.4, -0.2) is 50.0 Å². The lowest BCUT2D eigenvalue weighted by atomic mass is 9.90. The largest absolute Gasteiger partial charge is 0.442 e. The number of nitrogens with one attached hydrogen (secondary N) is 1. The second kappa shape index (κ2) is 8.00. The fourth-order valence-electron chi connectivity index (χ4n) is 3.48. The zero-order valence-electron chi connectivity index (χ0n) is 15.6. The Balaban J connectivity index is 1.66. The lowest BCUT2D eigenvalue weighted by Crippen LogP contribution is -2.42. The van der Waals surface area contributed by atoms with Crippen LogP contribution < -0.4 is 15.1 Å². The molecule has 0 saturated carbocycles. The molecular formula is C19H22F2N4O3. The molecule has 28 heavy (non-hydrogen) atoms. The molecule has 0 radical (unpaired) electrons. The van der Waals surface area contributed by atoms with Crippen molar-refractivity contribution in [1.82, 2.24) is 5.32 Å². The summed E-state index contributed by atoms with van der Waals surface area (Å²) in [7, 11) is 0. The van der Waals surface area contributed by atoms with Crippen LogP contribution >= 0.6 is 0 Å². The van der Waals surface area contributed by atoms with E-state index in [1.165, 1.54) is 17.9 Å². The fourth-order valence-corrected chi connectivity index (χ4v) is 3.48. The van der Waals surface area contributed by atoms with Gasteiger partial charge in [0.2, 0.25) is 5.91 Å². The molecule has 1 unspecified atom stereocenters. The normalized spacial score (nSPS) is 21.2. The van der Waals surface area contributed by atoms with Crippen molar-refractivity contribution in [3.63, 3.8) is 0 Å². The summed E-state index contributed by atoms with van der Waals surface area (Å²) < 4.78 is 34.3. The van der Waals surface area contributed by atoms with Gasteiger partial charge in [0.1, 0.15) is 17.6 Å². The minimum absolute atomic E-state index is 0.154. The molecule has 2 amide bonds. The monoisotopic (exact) mass is 392 g/mol. The van der Waals surface area contributed by atoms with Gasteiger partial charge in [0, 0.05) is 20.0 Å². The van der Waals surface area contributed by atoms with Gasteiger partial charge < -0.3 is 15.0 Å². The van der Waals surface area contributed by atoms with E-state index in [1.54, 1.807) is 17.0 Å². The molecule has 1 N–H and O–H groups in total. The Kier molecular flexibility index (Phi) is 5.68. The predicted octanol–water partition coefficient (Wildman–Crippen LogP) is 2.51. The number of piperidine rings is 1. The molecule has 0 bridgehead atoms. The first-order valence-corrected chi connectivity index (χ1v) is 9.14. The van der Waals surface area contributed by atoms with Gasteiger partial charge in [-0.25, -0.2) is 13.6 Å². The van der Waals surface area contributed by atoms with E-state index in [9.17, 15) is 18.4 Å². The van der Waals surface area contributed by atoms with Gasteiger partial charge in [0.05, 0.1) is 37.0 Å². The molecule has 2 saturated heterocycles. The van der Waals surface area contributed by atoms with Crippen LogP contribution in [0.15, 0.2) is 18.2 Å². The zero-order valence-corrected chi connectivity index (χ0v) is 15.6. The summed E-state index contributed by atoms with van der Waals surface area (Å²) in [5.74, 6) is -0.735. The predicted molar refractivity (Wildman–Crippen MR) is 98.2 cm³/mol. The lowest BCUT2D eigenvalue weighted by molar-refractivity contribution is -0.119. The van der Waals surface area contributed by atoms with E-state index in [2.05, 4.69) is 5.32 Å². The topological polar surface area (TPSA) is 85.7 Å². The van der Waals surface area contributed by atoms with Crippen molar-refractivity contribution in [1.29, 1.82) is 5.26 Å². The van der Waals surface area contributed by atoms with Gasteiger partial charge in [0.25, 0.3) is 0 Å². The number of alkyl halides is 1. The summed E-state index contributed by atoms with van der Waals surface area (Å²) in [4.78, 5) is 26.1. The van der Waals surface area contributed by atoms with E-state index in [4.69, 9.17) is 10.00 Å². The van der Waals surface area contributed by atoms with E-state index in [1.807, 2.05) is 6.07 Å². The quantitative estimate of drug-likeness (QED) is 0.832. The molecule has 7 nitrogen and oxygen atoms in total. The lowest BCUT2D eigenvalue weighted by Gasteiger charge is -2.36. The number of cyclic esters (lactones) is 1. The van der Waals surface area contributed by atoms with Crippen molar-refractivity contribution in [2.75, 3.05) is 36.0 Å². The number of hydrogen-bond acceptors (Lipinski definition) is 5. The van der Waals surface area contributed by atoms with Crippen LogP contribution in [0.3, 0.4) is 0 Å². The van der Waals surface area contributed by atoms with Gasteiger partial charge >= 0.3 is 6.09 Å². The molecule has 2 heterocycles.